The van der Waals surface area contributed by atoms with Crippen molar-refractivity contribution in [1.29, 1.82) is 0 Å². The first kappa shape index (κ1) is 27.1. The minimum absolute atomic E-state index is 0.0235. The van der Waals surface area contributed by atoms with Crippen LogP contribution in [0.1, 0.15) is 36.4 Å². The number of halogens is 5. The average Bonchev–Trinajstić information content (AvgIpc) is 3.38. The number of nitrogens with zero attached hydrogens (tertiary/aromatic N) is 5. The first-order chi connectivity index (χ1) is 18.6. The van der Waals surface area contributed by atoms with Gasteiger partial charge in [-0.05, 0) is 44.6 Å². The van der Waals surface area contributed by atoms with E-state index in [1.807, 2.05) is 20.2 Å². The molecule has 1 aromatic heterocycles. The molecule has 7 nitrogen and oxygen atoms in total. The van der Waals surface area contributed by atoms with E-state index in [0.717, 1.165) is 35.6 Å². The number of benzene rings is 2. The van der Waals surface area contributed by atoms with Crippen LogP contribution in [0.25, 0.3) is 0 Å². The predicted molar refractivity (Wildman–Crippen MR) is 138 cm³/mol. The third kappa shape index (κ3) is 5.76. The molecule has 1 atom stereocenters. The summed E-state index contributed by atoms with van der Waals surface area (Å²) in [6, 6.07) is 11.0. The standard InChI is InChI=1S/C27H29F5N6O/c1-36(2)19-8-11-37(12-9-19)24-21(28)14-18(15-22(24)29)34-26-33-16-20(27(30,31)32)25(35-26)38-23(10-13-39-38)17-6-4-3-5-7-17/h3-7,14-16,19,23H,8-13H2,1-2H3,(H,33,34,35). The molecule has 2 fully saturated rings. The average molecular weight is 549 g/mol. The van der Waals surface area contributed by atoms with Crippen molar-refractivity contribution in [3.05, 3.63) is 71.4 Å². The summed E-state index contributed by atoms with van der Waals surface area (Å²) in [5.41, 5.74) is -0.456. The van der Waals surface area contributed by atoms with Crippen molar-refractivity contribution < 1.29 is 26.8 Å². The fourth-order valence-electron chi connectivity index (χ4n) is 5.13. The summed E-state index contributed by atoms with van der Waals surface area (Å²) in [5.74, 6) is -2.29. The van der Waals surface area contributed by atoms with Gasteiger partial charge < -0.3 is 15.1 Å². The van der Waals surface area contributed by atoms with Gasteiger partial charge in [0.1, 0.15) is 11.3 Å². The highest BCUT2D eigenvalue weighted by Gasteiger charge is 2.40. The van der Waals surface area contributed by atoms with E-state index in [-0.39, 0.29) is 23.9 Å². The Kier molecular flexibility index (Phi) is 7.59. The zero-order valence-corrected chi connectivity index (χ0v) is 21.6. The van der Waals surface area contributed by atoms with E-state index >= 15 is 8.78 Å². The lowest BCUT2D eigenvalue weighted by molar-refractivity contribution is -0.138. The highest BCUT2D eigenvalue weighted by atomic mass is 19.4. The molecule has 2 aromatic carbocycles. The molecule has 0 spiro atoms. The van der Waals surface area contributed by atoms with Crippen molar-refractivity contribution in [1.82, 2.24) is 14.9 Å². The second-order valence-corrected chi connectivity index (χ2v) is 9.90. The van der Waals surface area contributed by atoms with Crippen LogP contribution in [0.4, 0.5) is 45.1 Å². The Morgan fingerprint density at radius 1 is 1.00 bits per heavy atom. The van der Waals surface area contributed by atoms with Crippen molar-refractivity contribution >= 4 is 23.1 Å². The van der Waals surface area contributed by atoms with Gasteiger partial charge in [0, 0.05) is 37.4 Å². The van der Waals surface area contributed by atoms with Crippen molar-refractivity contribution in [3.8, 4) is 0 Å². The lowest BCUT2D eigenvalue weighted by Gasteiger charge is -2.36. The molecule has 0 bridgehead atoms. The number of hydrogen-bond donors (Lipinski definition) is 1. The van der Waals surface area contributed by atoms with Gasteiger partial charge in [0.05, 0.1) is 12.6 Å². The van der Waals surface area contributed by atoms with Gasteiger partial charge in [0.2, 0.25) is 5.95 Å². The summed E-state index contributed by atoms with van der Waals surface area (Å²) in [6.45, 7) is 1.22. The Balaban J connectivity index is 1.41. The van der Waals surface area contributed by atoms with E-state index in [1.54, 1.807) is 29.2 Å². The van der Waals surface area contributed by atoms with E-state index in [2.05, 4.69) is 20.2 Å². The van der Waals surface area contributed by atoms with E-state index in [9.17, 15) is 13.2 Å². The minimum Gasteiger partial charge on any atom is -0.367 e. The molecular weight excluding hydrogens is 519 g/mol. The maximum Gasteiger partial charge on any atom is 0.421 e. The molecule has 208 valence electrons. The lowest BCUT2D eigenvalue weighted by Crippen LogP contribution is -2.42. The molecule has 1 unspecified atom stereocenters. The van der Waals surface area contributed by atoms with E-state index in [4.69, 9.17) is 4.84 Å². The molecule has 0 amide bonds. The lowest BCUT2D eigenvalue weighted by atomic mass is 10.0. The molecule has 2 aliphatic heterocycles. The highest BCUT2D eigenvalue weighted by molar-refractivity contribution is 5.63. The predicted octanol–water partition coefficient (Wildman–Crippen LogP) is 5.93. The smallest absolute Gasteiger partial charge is 0.367 e. The van der Waals surface area contributed by atoms with Crippen LogP contribution in [0.3, 0.4) is 0 Å². The van der Waals surface area contributed by atoms with Gasteiger partial charge in [-0.15, -0.1) is 0 Å². The molecule has 1 N–H and O–H groups in total. The summed E-state index contributed by atoms with van der Waals surface area (Å²) in [7, 11) is 3.96. The maximum atomic E-state index is 15.1. The Morgan fingerprint density at radius 2 is 1.67 bits per heavy atom. The molecule has 5 rings (SSSR count). The van der Waals surface area contributed by atoms with Crippen LogP contribution in [-0.4, -0.2) is 54.7 Å². The molecule has 12 heteroatoms. The fraction of sp³-hybridized carbons (Fsp3) is 0.407. The van der Waals surface area contributed by atoms with Gasteiger partial charge in [-0.3, -0.25) is 4.84 Å². The van der Waals surface area contributed by atoms with Crippen LogP contribution >= 0.6 is 0 Å². The first-order valence-corrected chi connectivity index (χ1v) is 12.7. The van der Waals surface area contributed by atoms with Gasteiger partial charge in [0.25, 0.3) is 0 Å². The number of anilines is 4. The van der Waals surface area contributed by atoms with Crippen LogP contribution in [-0.2, 0) is 11.0 Å². The highest BCUT2D eigenvalue weighted by Crippen LogP contribution is 2.42. The zero-order chi connectivity index (χ0) is 27.7. The van der Waals surface area contributed by atoms with Gasteiger partial charge in [0.15, 0.2) is 17.5 Å². The molecule has 2 aliphatic rings. The van der Waals surface area contributed by atoms with Crippen LogP contribution in [0.5, 0.6) is 0 Å². The number of aromatic nitrogens is 2. The molecule has 3 aromatic rings. The second kappa shape index (κ2) is 10.9. The summed E-state index contributed by atoms with van der Waals surface area (Å²) in [4.78, 5) is 17.2. The molecule has 0 radical (unpaired) electrons. The zero-order valence-electron chi connectivity index (χ0n) is 21.6. The van der Waals surface area contributed by atoms with Crippen molar-refractivity contribution in [2.75, 3.05) is 49.1 Å². The number of rotatable bonds is 6. The summed E-state index contributed by atoms with van der Waals surface area (Å²) in [6.07, 6.45) is -2.10. The number of hydrogen-bond acceptors (Lipinski definition) is 7. The molecule has 39 heavy (non-hydrogen) atoms. The summed E-state index contributed by atoms with van der Waals surface area (Å²) < 4.78 is 71.9. The maximum absolute atomic E-state index is 15.1. The quantitative estimate of drug-likeness (QED) is 0.383. The minimum atomic E-state index is -4.75. The normalized spacial score (nSPS) is 18.7. The Morgan fingerprint density at radius 3 is 2.28 bits per heavy atom. The van der Waals surface area contributed by atoms with Gasteiger partial charge in [-0.2, -0.15) is 18.2 Å². The Labute approximate surface area is 223 Å². The molecule has 2 saturated heterocycles. The Hall–Kier alpha value is -3.51. The van der Waals surface area contributed by atoms with E-state index in [0.29, 0.717) is 31.7 Å². The summed E-state index contributed by atoms with van der Waals surface area (Å²) in [5, 5.41) is 3.79. The molecule has 3 heterocycles. The second-order valence-electron chi connectivity index (χ2n) is 9.90. The van der Waals surface area contributed by atoms with Crippen molar-refractivity contribution in [2.24, 2.45) is 0 Å². The van der Waals surface area contributed by atoms with E-state index in [1.165, 1.54) is 0 Å². The van der Waals surface area contributed by atoms with Gasteiger partial charge in [-0.25, -0.2) is 18.8 Å². The van der Waals surface area contributed by atoms with Gasteiger partial charge >= 0.3 is 6.18 Å². The Bertz CT molecular complexity index is 1270. The van der Waals surface area contributed by atoms with Crippen LogP contribution in [0.2, 0.25) is 0 Å². The SMILES string of the molecule is CN(C)C1CCN(c2c(F)cc(Nc3ncc(C(F)(F)F)c(N4OCCC4c4ccccc4)n3)cc2F)CC1. The third-order valence-corrected chi connectivity index (χ3v) is 7.16. The largest absolute Gasteiger partial charge is 0.421 e. The molecule has 0 aliphatic carbocycles. The van der Waals surface area contributed by atoms with E-state index < -0.39 is 35.2 Å². The topological polar surface area (TPSA) is 56.8 Å². The number of hydroxylamine groups is 1. The van der Waals surface area contributed by atoms with Crippen LogP contribution in [0.15, 0.2) is 48.7 Å². The third-order valence-electron chi connectivity index (χ3n) is 7.16. The van der Waals surface area contributed by atoms with Crippen molar-refractivity contribution in [2.45, 2.75) is 37.5 Å². The van der Waals surface area contributed by atoms with Crippen LogP contribution in [0, 0.1) is 11.6 Å². The molecule has 0 saturated carbocycles. The van der Waals surface area contributed by atoms with Crippen LogP contribution < -0.4 is 15.3 Å². The summed E-state index contributed by atoms with van der Waals surface area (Å²) >= 11 is 0. The first-order valence-electron chi connectivity index (χ1n) is 12.7. The molecular formula is C27H29F5N6O. The monoisotopic (exact) mass is 548 g/mol. The number of alkyl halides is 3. The van der Waals surface area contributed by atoms with Crippen molar-refractivity contribution in [3.63, 3.8) is 0 Å². The number of piperidine rings is 1. The fourth-order valence-corrected chi connectivity index (χ4v) is 5.13. The van der Waals surface area contributed by atoms with Gasteiger partial charge in [-0.1, -0.05) is 30.3 Å². The number of nitrogens with one attached hydrogen (secondary N) is 1.